The number of benzene rings is 3. The second kappa shape index (κ2) is 10.5. The lowest BCUT2D eigenvalue weighted by Crippen LogP contribution is -2.29. The van der Waals surface area contributed by atoms with Crippen LogP contribution < -0.4 is 4.90 Å². The van der Waals surface area contributed by atoms with E-state index in [1.165, 1.54) is 35.5 Å². The maximum Gasteiger partial charge on any atom is 0.301 e. The number of aromatic nitrogens is 2. The number of carbonyl (C=O) groups is 2. The summed E-state index contributed by atoms with van der Waals surface area (Å²) in [6.07, 6.45) is 0. The highest BCUT2D eigenvalue weighted by Gasteiger charge is 2.49. The van der Waals surface area contributed by atoms with Crippen molar-refractivity contribution in [1.82, 2.24) is 10.2 Å². The van der Waals surface area contributed by atoms with E-state index in [4.69, 9.17) is 0 Å². The SMILES string of the molecule is Cc1ccc(CSc2nnc(N3C(=O)C(=O)/C(=C(/O)c4cc(C)ccc4C)C3c3ccccc3F)s2)cc1. The third-order valence-electron chi connectivity index (χ3n) is 6.38. The Balaban J connectivity index is 1.57. The van der Waals surface area contributed by atoms with Gasteiger partial charge in [0, 0.05) is 16.9 Å². The molecule has 0 aliphatic carbocycles. The minimum Gasteiger partial charge on any atom is -0.507 e. The first-order valence-electron chi connectivity index (χ1n) is 11.9. The number of halogens is 1. The molecular weight excluding hydrogens is 521 g/mol. The molecule has 2 heterocycles. The van der Waals surface area contributed by atoms with E-state index in [0.29, 0.717) is 15.7 Å². The zero-order chi connectivity index (χ0) is 27.0. The Hall–Kier alpha value is -3.82. The molecule has 0 spiro atoms. The lowest BCUT2D eigenvalue weighted by Gasteiger charge is -2.23. The molecular formula is C29H24FN3O3S2. The summed E-state index contributed by atoms with van der Waals surface area (Å²) in [6, 6.07) is 18.3. The number of nitrogens with zero attached hydrogens (tertiary/aromatic N) is 3. The number of ketones is 1. The molecule has 1 unspecified atom stereocenters. The number of Topliss-reactive ketones (excluding diaryl/α,β-unsaturated/α-hetero) is 1. The zero-order valence-electron chi connectivity index (χ0n) is 20.9. The van der Waals surface area contributed by atoms with Crippen LogP contribution >= 0.6 is 23.1 Å². The van der Waals surface area contributed by atoms with E-state index in [0.717, 1.165) is 32.9 Å². The Morgan fingerprint density at radius 1 is 1.00 bits per heavy atom. The van der Waals surface area contributed by atoms with Gasteiger partial charge in [-0.3, -0.25) is 14.5 Å². The molecule has 0 radical (unpaired) electrons. The van der Waals surface area contributed by atoms with Crippen molar-refractivity contribution >= 4 is 45.7 Å². The van der Waals surface area contributed by atoms with Gasteiger partial charge in [-0.15, -0.1) is 10.2 Å². The second-order valence-corrected chi connectivity index (χ2v) is 11.3. The van der Waals surface area contributed by atoms with Crippen LogP contribution in [-0.4, -0.2) is 27.0 Å². The molecule has 6 nitrogen and oxygen atoms in total. The van der Waals surface area contributed by atoms with E-state index in [2.05, 4.69) is 10.2 Å². The number of thioether (sulfide) groups is 1. The predicted molar refractivity (Wildman–Crippen MR) is 148 cm³/mol. The number of aliphatic hydroxyl groups is 1. The van der Waals surface area contributed by atoms with Crippen molar-refractivity contribution < 1.29 is 19.1 Å². The first-order valence-corrected chi connectivity index (χ1v) is 13.7. The molecule has 1 aliphatic heterocycles. The van der Waals surface area contributed by atoms with Gasteiger partial charge < -0.3 is 5.11 Å². The molecule has 9 heteroatoms. The Morgan fingerprint density at radius 2 is 1.71 bits per heavy atom. The molecule has 0 bridgehead atoms. The highest BCUT2D eigenvalue weighted by molar-refractivity contribution is 8.00. The van der Waals surface area contributed by atoms with Crippen LogP contribution in [0.3, 0.4) is 0 Å². The molecule has 1 N–H and O–H groups in total. The van der Waals surface area contributed by atoms with Crippen LogP contribution in [0.2, 0.25) is 0 Å². The van der Waals surface area contributed by atoms with Gasteiger partial charge in [-0.2, -0.15) is 0 Å². The average molecular weight is 546 g/mol. The van der Waals surface area contributed by atoms with Crippen LogP contribution in [0.4, 0.5) is 9.52 Å². The number of hydrogen-bond acceptors (Lipinski definition) is 7. The molecule has 4 aromatic rings. The summed E-state index contributed by atoms with van der Waals surface area (Å²) in [5.74, 6) is -2.09. The van der Waals surface area contributed by atoms with Crippen molar-refractivity contribution in [3.05, 3.63) is 112 Å². The summed E-state index contributed by atoms with van der Waals surface area (Å²) in [5, 5.41) is 19.9. The van der Waals surface area contributed by atoms with Crippen LogP contribution in [0.25, 0.3) is 5.76 Å². The maximum absolute atomic E-state index is 15.1. The molecule has 1 aromatic heterocycles. The number of carbonyl (C=O) groups excluding carboxylic acids is 2. The van der Waals surface area contributed by atoms with Crippen LogP contribution in [0.15, 0.2) is 76.6 Å². The first-order chi connectivity index (χ1) is 18.2. The van der Waals surface area contributed by atoms with Crippen LogP contribution in [-0.2, 0) is 15.3 Å². The summed E-state index contributed by atoms with van der Waals surface area (Å²) in [5.41, 5.74) is 4.18. The number of hydrogen-bond donors (Lipinski definition) is 1. The molecule has 38 heavy (non-hydrogen) atoms. The fraction of sp³-hybridized carbons (Fsp3) is 0.172. The minimum absolute atomic E-state index is 0.0858. The maximum atomic E-state index is 15.1. The van der Waals surface area contributed by atoms with Crippen LogP contribution in [0.5, 0.6) is 0 Å². The highest BCUT2D eigenvalue weighted by atomic mass is 32.2. The molecule has 1 atom stereocenters. The van der Waals surface area contributed by atoms with Gasteiger partial charge in [0.05, 0.1) is 5.57 Å². The molecule has 1 aliphatic rings. The summed E-state index contributed by atoms with van der Waals surface area (Å²) in [4.78, 5) is 27.9. The van der Waals surface area contributed by atoms with Gasteiger partial charge in [0.25, 0.3) is 5.78 Å². The number of rotatable bonds is 6. The predicted octanol–water partition coefficient (Wildman–Crippen LogP) is 6.52. The van der Waals surface area contributed by atoms with Gasteiger partial charge in [-0.05, 0) is 44.0 Å². The van der Waals surface area contributed by atoms with Gasteiger partial charge >= 0.3 is 5.91 Å². The van der Waals surface area contributed by atoms with E-state index >= 15 is 4.39 Å². The van der Waals surface area contributed by atoms with Crippen LogP contribution in [0, 0.1) is 26.6 Å². The largest absolute Gasteiger partial charge is 0.507 e. The van der Waals surface area contributed by atoms with Crippen LogP contribution in [0.1, 0.15) is 39.4 Å². The molecule has 5 rings (SSSR count). The molecule has 1 amide bonds. The van der Waals surface area contributed by atoms with Crippen molar-refractivity contribution in [2.75, 3.05) is 4.90 Å². The monoisotopic (exact) mass is 545 g/mol. The topological polar surface area (TPSA) is 83.4 Å². The minimum atomic E-state index is -1.20. The van der Waals surface area contributed by atoms with Gasteiger partial charge in [0.15, 0.2) is 4.34 Å². The van der Waals surface area contributed by atoms with E-state index in [9.17, 15) is 14.7 Å². The van der Waals surface area contributed by atoms with E-state index in [-0.39, 0.29) is 22.0 Å². The Kier molecular flexibility index (Phi) is 7.14. The summed E-state index contributed by atoms with van der Waals surface area (Å²) in [7, 11) is 0. The van der Waals surface area contributed by atoms with Crippen molar-refractivity contribution in [2.24, 2.45) is 0 Å². The van der Waals surface area contributed by atoms with Crippen molar-refractivity contribution in [1.29, 1.82) is 0 Å². The smallest absolute Gasteiger partial charge is 0.301 e. The van der Waals surface area contributed by atoms with Crippen molar-refractivity contribution in [2.45, 2.75) is 36.9 Å². The first kappa shape index (κ1) is 25.8. The molecule has 1 fully saturated rings. The van der Waals surface area contributed by atoms with E-state index < -0.39 is 23.5 Å². The standard InChI is InChI=1S/C29H24FN3O3S2/c1-16-9-12-19(13-10-16)15-37-29-32-31-28(38-29)33-24(20-6-4-5-7-22(20)30)23(26(35)27(33)36)25(34)21-14-17(2)8-11-18(21)3/h4-14,24,34H,15H2,1-3H3/b25-23+. The van der Waals surface area contributed by atoms with E-state index in [1.54, 1.807) is 19.1 Å². The van der Waals surface area contributed by atoms with Gasteiger partial charge in [-0.25, -0.2) is 4.39 Å². The average Bonchev–Trinajstić information content (AvgIpc) is 3.47. The number of aliphatic hydroxyl groups excluding tert-OH is 1. The number of aryl methyl sites for hydroxylation is 3. The third kappa shape index (κ3) is 4.87. The van der Waals surface area contributed by atoms with Crippen molar-refractivity contribution in [3.8, 4) is 0 Å². The lowest BCUT2D eigenvalue weighted by molar-refractivity contribution is -0.132. The van der Waals surface area contributed by atoms with Gasteiger partial charge in [0.2, 0.25) is 5.13 Å². The number of amides is 1. The summed E-state index contributed by atoms with van der Waals surface area (Å²) < 4.78 is 15.7. The number of anilines is 1. The Morgan fingerprint density at radius 3 is 2.45 bits per heavy atom. The van der Waals surface area contributed by atoms with Gasteiger partial charge in [0.1, 0.15) is 17.6 Å². The molecule has 192 valence electrons. The second-order valence-electron chi connectivity index (χ2n) is 9.13. The lowest BCUT2D eigenvalue weighted by atomic mass is 9.93. The summed E-state index contributed by atoms with van der Waals surface area (Å²) >= 11 is 2.60. The normalized spacial score (nSPS) is 16.8. The Bertz CT molecular complexity index is 1580. The molecule has 1 saturated heterocycles. The molecule has 3 aromatic carbocycles. The van der Waals surface area contributed by atoms with Gasteiger partial charge in [-0.1, -0.05) is 88.8 Å². The highest BCUT2D eigenvalue weighted by Crippen LogP contribution is 2.45. The third-order valence-corrected chi connectivity index (χ3v) is 8.50. The fourth-order valence-electron chi connectivity index (χ4n) is 4.34. The molecule has 0 saturated carbocycles. The Labute approximate surface area is 227 Å². The quantitative estimate of drug-likeness (QED) is 0.0976. The van der Waals surface area contributed by atoms with Crippen molar-refractivity contribution in [3.63, 3.8) is 0 Å². The zero-order valence-corrected chi connectivity index (χ0v) is 22.6. The summed E-state index contributed by atoms with van der Waals surface area (Å²) in [6.45, 7) is 5.68. The van der Waals surface area contributed by atoms with E-state index in [1.807, 2.05) is 50.2 Å². The fourth-order valence-corrected chi connectivity index (χ4v) is 6.17.